The molecular formula is C19H19NO4S. The van der Waals surface area contributed by atoms with Crippen molar-refractivity contribution < 1.29 is 19.1 Å². The van der Waals surface area contributed by atoms with Crippen molar-refractivity contribution in [1.82, 2.24) is 5.32 Å². The van der Waals surface area contributed by atoms with Crippen LogP contribution in [0.25, 0.3) is 0 Å². The maximum Gasteiger partial charge on any atom is 0.281 e. The summed E-state index contributed by atoms with van der Waals surface area (Å²) >= 11 is 1.27. The highest BCUT2D eigenvalue weighted by Crippen LogP contribution is 2.21. The van der Waals surface area contributed by atoms with E-state index in [4.69, 9.17) is 9.47 Å². The number of carbonyl (C=O) groups excluding carboxylic acids is 2. The predicted molar refractivity (Wildman–Crippen MR) is 97.1 cm³/mol. The summed E-state index contributed by atoms with van der Waals surface area (Å²) in [5.74, 6) is 0.596. The molecule has 0 aromatic heterocycles. The van der Waals surface area contributed by atoms with Gasteiger partial charge >= 0.3 is 0 Å². The first-order chi connectivity index (χ1) is 12.2. The van der Waals surface area contributed by atoms with Crippen LogP contribution in [0, 0.1) is 0 Å². The number of hydrogen-bond acceptors (Lipinski definition) is 5. The second kappa shape index (κ2) is 8.69. The van der Waals surface area contributed by atoms with Crippen molar-refractivity contribution >= 4 is 22.8 Å². The van der Waals surface area contributed by atoms with Crippen LogP contribution in [0.5, 0.6) is 5.75 Å². The van der Waals surface area contributed by atoms with E-state index in [1.54, 1.807) is 12.1 Å². The zero-order chi connectivity index (χ0) is 17.5. The van der Waals surface area contributed by atoms with Gasteiger partial charge in [0.2, 0.25) is 0 Å². The van der Waals surface area contributed by atoms with Crippen molar-refractivity contribution in [3.05, 3.63) is 65.7 Å². The van der Waals surface area contributed by atoms with Crippen molar-refractivity contribution in [2.24, 2.45) is 0 Å². The summed E-state index contributed by atoms with van der Waals surface area (Å²) in [6.45, 7) is 0.813. The Morgan fingerprint density at radius 2 is 1.92 bits per heavy atom. The smallest absolute Gasteiger partial charge is 0.281 e. The van der Waals surface area contributed by atoms with Crippen LogP contribution >= 0.6 is 11.8 Å². The normalized spacial score (nSPS) is 17.4. The second-order valence-electron chi connectivity index (χ2n) is 5.65. The van der Waals surface area contributed by atoms with E-state index in [1.165, 1.54) is 11.8 Å². The van der Waals surface area contributed by atoms with Crippen molar-refractivity contribution in [2.45, 2.75) is 11.7 Å². The quantitative estimate of drug-likeness (QED) is 0.804. The van der Waals surface area contributed by atoms with E-state index in [2.05, 4.69) is 5.32 Å². The van der Waals surface area contributed by atoms with Gasteiger partial charge in [0.15, 0.2) is 12.4 Å². The summed E-state index contributed by atoms with van der Waals surface area (Å²) in [6.07, 6.45) is 0.737. The van der Waals surface area contributed by atoms with E-state index in [0.717, 1.165) is 12.0 Å². The highest BCUT2D eigenvalue weighted by Gasteiger charge is 2.19. The molecule has 1 heterocycles. The van der Waals surface area contributed by atoms with Crippen LogP contribution in [0.2, 0.25) is 0 Å². The molecular weight excluding hydrogens is 338 g/mol. The fourth-order valence-corrected chi connectivity index (χ4v) is 3.35. The fourth-order valence-electron chi connectivity index (χ4n) is 2.47. The number of ether oxygens (including phenoxy) is 2. The van der Waals surface area contributed by atoms with Gasteiger partial charge in [-0.1, -0.05) is 54.2 Å². The lowest BCUT2D eigenvalue weighted by Crippen LogP contribution is -2.18. The van der Waals surface area contributed by atoms with Gasteiger partial charge in [0.1, 0.15) is 12.5 Å². The Kier molecular flexibility index (Phi) is 6.09. The Hall–Kier alpha value is -2.31. The molecule has 0 saturated carbocycles. The number of rotatable bonds is 6. The van der Waals surface area contributed by atoms with Gasteiger partial charge in [0.05, 0.1) is 6.61 Å². The number of Topliss-reactive ketones (excluding diaryl/α,β-unsaturated/α-hetero) is 1. The molecule has 1 aliphatic heterocycles. The summed E-state index contributed by atoms with van der Waals surface area (Å²) in [5.41, 5.74) is 1.74. The van der Waals surface area contributed by atoms with Crippen LogP contribution in [0.3, 0.4) is 0 Å². The molecule has 1 N–H and O–H groups in total. The predicted octanol–water partition coefficient (Wildman–Crippen LogP) is 3.29. The fraction of sp³-hybridized carbons (Fsp3) is 0.263. The summed E-state index contributed by atoms with van der Waals surface area (Å²) in [6, 6.07) is 16.7. The van der Waals surface area contributed by atoms with Gasteiger partial charge in [-0.05, 0) is 24.1 Å². The number of carbonyl (C=O) groups is 2. The lowest BCUT2D eigenvalue weighted by molar-refractivity contribution is 0.0921. The van der Waals surface area contributed by atoms with E-state index in [9.17, 15) is 9.59 Å². The molecule has 1 saturated heterocycles. The molecule has 0 spiro atoms. The van der Waals surface area contributed by atoms with Crippen molar-refractivity contribution in [1.29, 1.82) is 0 Å². The Morgan fingerprint density at radius 1 is 1.16 bits per heavy atom. The lowest BCUT2D eigenvalue weighted by atomic mass is 10.1. The van der Waals surface area contributed by atoms with Gasteiger partial charge in [-0.2, -0.15) is 0 Å². The van der Waals surface area contributed by atoms with E-state index >= 15 is 0 Å². The van der Waals surface area contributed by atoms with Crippen LogP contribution in [0.15, 0.2) is 54.6 Å². The molecule has 2 aromatic carbocycles. The molecule has 3 rings (SSSR count). The maximum atomic E-state index is 12.0. The average Bonchev–Trinajstić information content (AvgIpc) is 2.85. The molecule has 1 fully saturated rings. The molecule has 1 amide bonds. The molecule has 1 aliphatic rings. The van der Waals surface area contributed by atoms with E-state index in [0.29, 0.717) is 17.9 Å². The molecule has 0 radical (unpaired) electrons. The van der Waals surface area contributed by atoms with Gasteiger partial charge in [-0.3, -0.25) is 9.59 Å². The Balaban J connectivity index is 1.51. The summed E-state index contributed by atoms with van der Waals surface area (Å²) < 4.78 is 10.9. The Bertz CT molecular complexity index is 718. The monoisotopic (exact) mass is 357 g/mol. The van der Waals surface area contributed by atoms with E-state index in [-0.39, 0.29) is 29.6 Å². The minimum atomic E-state index is -0.0538. The van der Waals surface area contributed by atoms with Gasteiger partial charge in [-0.25, -0.2) is 0 Å². The van der Waals surface area contributed by atoms with Crippen LogP contribution in [0.4, 0.5) is 4.79 Å². The average molecular weight is 357 g/mol. The number of amides is 1. The minimum absolute atomic E-state index is 0.00977. The first kappa shape index (κ1) is 17.5. The van der Waals surface area contributed by atoms with Crippen molar-refractivity contribution in [3.8, 4) is 5.75 Å². The van der Waals surface area contributed by atoms with Crippen LogP contribution in [-0.2, 0) is 11.2 Å². The molecule has 130 valence electrons. The number of ketones is 1. The number of thioether (sulfide) groups is 1. The number of nitrogens with one attached hydrogen (secondary N) is 1. The first-order valence-electron chi connectivity index (χ1n) is 8.03. The van der Waals surface area contributed by atoms with Gasteiger partial charge < -0.3 is 14.8 Å². The van der Waals surface area contributed by atoms with Gasteiger partial charge in [-0.15, -0.1) is 0 Å². The molecule has 2 aromatic rings. The molecule has 6 heteroatoms. The van der Waals surface area contributed by atoms with Crippen LogP contribution in [0.1, 0.15) is 15.9 Å². The highest BCUT2D eigenvalue weighted by atomic mass is 32.2. The van der Waals surface area contributed by atoms with Crippen LogP contribution < -0.4 is 10.1 Å². The molecule has 1 atom stereocenters. The van der Waals surface area contributed by atoms with Gasteiger partial charge in [0, 0.05) is 10.8 Å². The minimum Gasteiger partial charge on any atom is -0.485 e. The molecule has 1 unspecified atom stereocenters. The Labute approximate surface area is 150 Å². The first-order valence-corrected chi connectivity index (χ1v) is 8.91. The number of hydrogen-bond donors (Lipinski definition) is 1. The molecule has 0 aliphatic carbocycles. The van der Waals surface area contributed by atoms with Gasteiger partial charge in [0.25, 0.3) is 5.24 Å². The summed E-state index contributed by atoms with van der Waals surface area (Å²) in [7, 11) is 0. The largest absolute Gasteiger partial charge is 0.485 e. The Morgan fingerprint density at radius 3 is 2.68 bits per heavy atom. The molecule has 25 heavy (non-hydrogen) atoms. The third-order valence-corrected chi connectivity index (χ3v) is 4.74. The second-order valence-corrected chi connectivity index (χ2v) is 6.92. The van der Waals surface area contributed by atoms with Crippen molar-refractivity contribution in [2.75, 3.05) is 19.9 Å². The SMILES string of the molecule is O=C1NCOCC(Cc2ccc(OCC(=O)c3ccccc3)cc2)S1. The highest BCUT2D eigenvalue weighted by molar-refractivity contribution is 8.14. The van der Waals surface area contributed by atoms with Crippen molar-refractivity contribution in [3.63, 3.8) is 0 Å². The molecule has 0 bridgehead atoms. The van der Waals surface area contributed by atoms with Crippen LogP contribution in [-0.4, -0.2) is 36.2 Å². The summed E-state index contributed by atoms with van der Waals surface area (Å²) in [4.78, 5) is 23.6. The number of benzene rings is 2. The van der Waals surface area contributed by atoms with E-state index in [1.807, 2.05) is 42.5 Å². The lowest BCUT2D eigenvalue weighted by Gasteiger charge is -2.12. The molecule has 5 nitrogen and oxygen atoms in total. The summed E-state index contributed by atoms with van der Waals surface area (Å²) in [5, 5.41) is 2.70. The topological polar surface area (TPSA) is 64.6 Å². The zero-order valence-electron chi connectivity index (χ0n) is 13.6. The standard InChI is InChI=1S/C19H19NO4S/c21-18(15-4-2-1-3-5-15)12-24-16-8-6-14(7-9-16)10-17-11-23-13-20-19(22)25-17/h1-9,17H,10-13H2,(H,20,22). The third kappa shape index (κ3) is 5.34. The third-order valence-electron chi connectivity index (χ3n) is 3.75. The zero-order valence-corrected chi connectivity index (χ0v) is 14.5. The maximum absolute atomic E-state index is 12.0. The van der Waals surface area contributed by atoms with E-state index < -0.39 is 0 Å².